The molecule has 0 bridgehead atoms. The summed E-state index contributed by atoms with van der Waals surface area (Å²) in [7, 11) is 0. The number of rotatable bonds is 5. The maximum atomic E-state index is 8.61. The minimum absolute atomic E-state index is 0.0293. The Morgan fingerprint density at radius 3 is 2.90 bits per heavy atom. The summed E-state index contributed by atoms with van der Waals surface area (Å²) < 4.78 is 5.35. The largest absolute Gasteiger partial charge is 0.445 e. The fourth-order valence-electron chi connectivity index (χ4n) is 1.70. The van der Waals surface area contributed by atoms with Crippen LogP contribution in [0.15, 0.2) is 34.0 Å². The second kappa shape index (κ2) is 6.40. The Morgan fingerprint density at radius 1 is 1.50 bits per heavy atom. The highest BCUT2D eigenvalue weighted by molar-refractivity contribution is 6.31. The van der Waals surface area contributed by atoms with Crippen molar-refractivity contribution in [2.75, 3.05) is 0 Å². The van der Waals surface area contributed by atoms with Crippen molar-refractivity contribution in [2.45, 2.75) is 20.0 Å². The number of oxime groups is 1. The van der Waals surface area contributed by atoms with Gasteiger partial charge in [0, 0.05) is 17.1 Å². The van der Waals surface area contributed by atoms with Gasteiger partial charge in [-0.3, -0.25) is 0 Å². The zero-order valence-corrected chi connectivity index (χ0v) is 11.7. The maximum Gasteiger partial charge on any atom is 0.208 e. The molecule has 106 valence electrons. The fraction of sp³-hybridized carbons (Fsp3) is 0.231. The molecule has 2 rings (SSSR count). The highest BCUT2D eigenvalue weighted by Crippen LogP contribution is 2.18. The predicted molar refractivity (Wildman–Crippen MR) is 75.7 cm³/mol. The van der Waals surface area contributed by atoms with Crippen molar-refractivity contribution in [2.24, 2.45) is 10.9 Å². The molecule has 1 aromatic heterocycles. The molecule has 0 saturated carbocycles. The van der Waals surface area contributed by atoms with E-state index in [4.69, 9.17) is 27.0 Å². The lowest BCUT2D eigenvalue weighted by Crippen LogP contribution is -2.15. The normalized spacial score (nSPS) is 11.8. The maximum absolute atomic E-state index is 8.61. The number of amidine groups is 1. The van der Waals surface area contributed by atoms with E-state index in [0.717, 1.165) is 11.3 Å². The summed E-state index contributed by atoms with van der Waals surface area (Å²) in [5.41, 5.74) is 6.98. The summed E-state index contributed by atoms with van der Waals surface area (Å²) in [6.45, 7) is 2.93. The third kappa shape index (κ3) is 3.49. The van der Waals surface area contributed by atoms with Crippen LogP contribution in [0.2, 0.25) is 5.02 Å². The zero-order valence-electron chi connectivity index (χ0n) is 10.9. The van der Waals surface area contributed by atoms with E-state index in [1.807, 2.05) is 13.0 Å². The average Bonchev–Trinajstić information content (AvgIpc) is 2.85. The van der Waals surface area contributed by atoms with Crippen molar-refractivity contribution in [3.8, 4) is 0 Å². The molecule has 6 nitrogen and oxygen atoms in total. The standard InChI is InChI=1S/C13H15ClN4O2/c1-8-5-17-12(20-8)7-16-6-10-3-2-9(4-11(10)14)13(15)18-19/h2-5,16,19H,6-7H2,1H3,(H2,15,18). The Hall–Kier alpha value is -2.05. The SMILES string of the molecule is Cc1cnc(CNCc2ccc(/C(N)=N/O)cc2Cl)o1. The number of aromatic nitrogens is 1. The summed E-state index contributed by atoms with van der Waals surface area (Å²) in [5.74, 6) is 1.44. The first kappa shape index (κ1) is 14.4. The van der Waals surface area contributed by atoms with Gasteiger partial charge in [-0.1, -0.05) is 28.9 Å². The van der Waals surface area contributed by atoms with Crippen LogP contribution >= 0.6 is 11.6 Å². The van der Waals surface area contributed by atoms with Gasteiger partial charge in [0.05, 0.1) is 12.7 Å². The third-order valence-corrected chi connectivity index (χ3v) is 3.07. The molecule has 1 heterocycles. The summed E-state index contributed by atoms with van der Waals surface area (Å²) in [4.78, 5) is 4.10. The molecular formula is C13H15ClN4O2. The van der Waals surface area contributed by atoms with Gasteiger partial charge in [-0.2, -0.15) is 0 Å². The van der Waals surface area contributed by atoms with Gasteiger partial charge in [-0.25, -0.2) is 4.98 Å². The van der Waals surface area contributed by atoms with Gasteiger partial charge in [-0.05, 0) is 18.6 Å². The molecule has 4 N–H and O–H groups in total. The molecule has 20 heavy (non-hydrogen) atoms. The Labute approximate surface area is 121 Å². The van der Waals surface area contributed by atoms with Crippen LogP contribution in [0.3, 0.4) is 0 Å². The first-order valence-corrected chi connectivity index (χ1v) is 6.36. The molecule has 0 aliphatic heterocycles. The van der Waals surface area contributed by atoms with Gasteiger partial charge < -0.3 is 20.7 Å². The minimum atomic E-state index is 0.0293. The minimum Gasteiger partial charge on any atom is -0.445 e. The lowest BCUT2D eigenvalue weighted by molar-refractivity contribution is 0.318. The number of hydrogen-bond donors (Lipinski definition) is 3. The molecule has 0 atom stereocenters. The predicted octanol–water partition coefficient (Wildman–Crippen LogP) is 2.02. The fourth-order valence-corrected chi connectivity index (χ4v) is 1.94. The molecular weight excluding hydrogens is 280 g/mol. The third-order valence-electron chi connectivity index (χ3n) is 2.72. The second-order valence-electron chi connectivity index (χ2n) is 4.26. The van der Waals surface area contributed by atoms with Crippen LogP contribution in [0.5, 0.6) is 0 Å². The van der Waals surface area contributed by atoms with Crippen molar-refractivity contribution in [3.63, 3.8) is 0 Å². The van der Waals surface area contributed by atoms with Gasteiger partial charge in [0.1, 0.15) is 5.76 Å². The second-order valence-corrected chi connectivity index (χ2v) is 4.67. The van der Waals surface area contributed by atoms with Crippen molar-refractivity contribution >= 4 is 17.4 Å². The quantitative estimate of drug-likeness (QED) is 0.339. The number of hydrogen-bond acceptors (Lipinski definition) is 5. The Balaban J connectivity index is 1.96. The Bertz CT molecular complexity index is 625. The molecule has 2 aromatic rings. The molecule has 0 radical (unpaired) electrons. The molecule has 1 aromatic carbocycles. The molecule has 7 heteroatoms. The van der Waals surface area contributed by atoms with Crippen LogP contribution in [0.4, 0.5) is 0 Å². The van der Waals surface area contributed by atoms with Crippen LogP contribution < -0.4 is 11.1 Å². The van der Waals surface area contributed by atoms with Crippen molar-refractivity contribution in [3.05, 3.63) is 52.2 Å². The van der Waals surface area contributed by atoms with E-state index in [-0.39, 0.29) is 5.84 Å². The van der Waals surface area contributed by atoms with Gasteiger partial charge in [-0.15, -0.1) is 0 Å². The summed E-state index contributed by atoms with van der Waals surface area (Å²) in [6, 6.07) is 5.22. The van der Waals surface area contributed by atoms with E-state index < -0.39 is 0 Å². The van der Waals surface area contributed by atoms with Crippen molar-refractivity contribution in [1.29, 1.82) is 0 Å². The van der Waals surface area contributed by atoms with Crippen LogP contribution in [0.1, 0.15) is 22.8 Å². The smallest absolute Gasteiger partial charge is 0.208 e. The number of nitrogens with two attached hydrogens (primary N) is 1. The molecule has 0 fully saturated rings. The van der Waals surface area contributed by atoms with Crippen LogP contribution in [0, 0.1) is 6.92 Å². The van der Waals surface area contributed by atoms with Crippen molar-refractivity contribution < 1.29 is 9.62 Å². The van der Waals surface area contributed by atoms with Crippen molar-refractivity contribution in [1.82, 2.24) is 10.3 Å². The number of oxazole rings is 1. The number of benzene rings is 1. The molecule has 0 amide bonds. The Morgan fingerprint density at radius 2 is 2.30 bits per heavy atom. The molecule has 0 saturated heterocycles. The van der Waals surface area contributed by atoms with E-state index in [0.29, 0.717) is 29.6 Å². The van der Waals surface area contributed by atoms with E-state index in [1.165, 1.54) is 0 Å². The summed E-state index contributed by atoms with van der Waals surface area (Å²) in [5, 5.41) is 15.3. The topological polar surface area (TPSA) is 96.7 Å². The lowest BCUT2D eigenvalue weighted by atomic mass is 10.1. The van der Waals surface area contributed by atoms with Gasteiger partial charge in [0.2, 0.25) is 5.89 Å². The van der Waals surface area contributed by atoms with Crippen LogP contribution in [-0.4, -0.2) is 16.0 Å². The van der Waals surface area contributed by atoms with E-state index in [2.05, 4.69) is 15.5 Å². The van der Waals surface area contributed by atoms with E-state index in [9.17, 15) is 0 Å². The highest BCUT2D eigenvalue weighted by atomic mass is 35.5. The van der Waals surface area contributed by atoms with Gasteiger partial charge in [0.15, 0.2) is 5.84 Å². The first-order chi connectivity index (χ1) is 9.60. The van der Waals surface area contributed by atoms with Crippen LogP contribution in [0.25, 0.3) is 0 Å². The van der Waals surface area contributed by atoms with Crippen LogP contribution in [-0.2, 0) is 13.1 Å². The summed E-state index contributed by atoms with van der Waals surface area (Å²) >= 11 is 6.15. The zero-order chi connectivity index (χ0) is 14.5. The lowest BCUT2D eigenvalue weighted by Gasteiger charge is -2.07. The number of halogens is 1. The van der Waals surface area contributed by atoms with Gasteiger partial charge >= 0.3 is 0 Å². The Kier molecular flexibility index (Phi) is 4.60. The van der Waals surface area contributed by atoms with E-state index in [1.54, 1.807) is 18.3 Å². The molecule has 0 unspecified atom stereocenters. The number of aryl methyl sites for hydroxylation is 1. The average molecular weight is 295 g/mol. The van der Waals surface area contributed by atoms with Gasteiger partial charge in [0.25, 0.3) is 0 Å². The monoisotopic (exact) mass is 294 g/mol. The number of nitrogens with zero attached hydrogens (tertiary/aromatic N) is 2. The summed E-state index contributed by atoms with van der Waals surface area (Å²) in [6.07, 6.45) is 1.68. The molecule has 0 spiro atoms. The molecule has 0 aliphatic carbocycles. The van der Waals surface area contributed by atoms with E-state index >= 15 is 0 Å². The number of nitrogens with one attached hydrogen (secondary N) is 1. The highest BCUT2D eigenvalue weighted by Gasteiger charge is 2.06. The molecule has 0 aliphatic rings. The first-order valence-electron chi connectivity index (χ1n) is 5.98.